The summed E-state index contributed by atoms with van der Waals surface area (Å²) in [7, 11) is 0. The van der Waals surface area contributed by atoms with Crippen LogP contribution in [0.3, 0.4) is 0 Å². The third kappa shape index (κ3) is 4.83. The first-order valence-electron chi connectivity index (χ1n) is 11.1. The molecule has 0 radical (unpaired) electrons. The smallest absolute Gasteiger partial charge is 0.271 e. The summed E-state index contributed by atoms with van der Waals surface area (Å²) in [6.45, 7) is 9.74. The Kier molecular flexibility index (Phi) is 6.28. The van der Waals surface area contributed by atoms with E-state index in [0.29, 0.717) is 17.8 Å². The lowest BCUT2D eigenvalue weighted by molar-refractivity contribution is -0.118. The SMILES string of the molecule is Cc1ccc(C)c(N2N=C(C(=O)Nc3ccc(N4CC(C)OC(C)C4)cc3)CCC2=O)c1. The summed E-state index contributed by atoms with van der Waals surface area (Å²) in [4.78, 5) is 27.7. The molecule has 32 heavy (non-hydrogen) atoms. The Morgan fingerprint density at radius 3 is 2.41 bits per heavy atom. The number of carbonyl (C=O) groups is 2. The van der Waals surface area contributed by atoms with Crippen molar-refractivity contribution in [1.82, 2.24) is 0 Å². The monoisotopic (exact) mass is 434 g/mol. The fourth-order valence-electron chi connectivity index (χ4n) is 4.20. The summed E-state index contributed by atoms with van der Waals surface area (Å²) < 4.78 is 5.80. The van der Waals surface area contributed by atoms with Crippen LogP contribution in [0.15, 0.2) is 47.6 Å². The number of ether oxygens (including phenoxy) is 1. The van der Waals surface area contributed by atoms with E-state index in [1.807, 2.05) is 56.3 Å². The average Bonchev–Trinajstić information content (AvgIpc) is 2.75. The lowest BCUT2D eigenvalue weighted by Crippen LogP contribution is -2.45. The largest absolute Gasteiger partial charge is 0.372 e. The molecule has 2 amide bonds. The molecule has 2 aliphatic heterocycles. The van der Waals surface area contributed by atoms with Crippen molar-refractivity contribution in [3.05, 3.63) is 53.6 Å². The van der Waals surface area contributed by atoms with E-state index in [2.05, 4.69) is 29.2 Å². The van der Waals surface area contributed by atoms with Crippen LogP contribution in [0.25, 0.3) is 0 Å². The van der Waals surface area contributed by atoms with E-state index < -0.39 is 0 Å². The van der Waals surface area contributed by atoms with Crippen molar-refractivity contribution in [3.8, 4) is 0 Å². The molecule has 1 saturated heterocycles. The third-order valence-electron chi connectivity index (χ3n) is 5.80. The molecule has 0 bridgehead atoms. The Balaban J connectivity index is 1.47. The zero-order valence-corrected chi connectivity index (χ0v) is 19.1. The van der Waals surface area contributed by atoms with Crippen molar-refractivity contribution in [3.63, 3.8) is 0 Å². The highest BCUT2D eigenvalue weighted by atomic mass is 16.5. The topological polar surface area (TPSA) is 74.2 Å². The Hall–Kier alpha value is -3.19. The van der Waals surface area contributed by atoms with Gasteiger partial charge in [-0.3, -0.25) is 9.59 Å². The van der Waals surface area contributed by atoms with Crippen LogP contribution >= 0.6 is 0 Å². The van der Waals surface area contributed by atoms with Crippen molar-refractivity contribution in [2.45, 2.75) is 52.7 Å². The molecular weight excluding hydrogens is 404 g/mol. The van der Waals surface area contributed by atoms with Crippen LogP contribution in [0.1, 0.15) is 37.8 Å². The van der Waals surface area contributed by atoms with Crippen molar-refractivity contribution < 1.29 is 14.3 Å². The maximum Gasteiger partial charge on any atom is 0.271 e. The first kappa shape index (κ1) is 22.0. The number of anilines is 3. The Morgan fingerprint density at radius 2 is 1.72 bits per heavy atom. The van der Waals surface area contributed by atoms with Crippen LogP contribution in [0.4, 0.5) is 17.1 Å². The van der Waals surface area contributed by atoms with Gasteiger partial charge in [-0.25, -0.2) is 5.01 Å². The Morgan fingerprint density at radius 1 is 1.03 bits per heavy atom. The van der Waals surface area contributed by atoms with Crippen LogP contribution < -0.4 is 15.2 Å². The minimum Gasteiger partial charge on any atom is -0.372 e. The number of nitrogens with one attached hydrogen (secondary N) is 1. The van der Waals surface area contributed by atoms with Gasteiger partial charge in [-0.05, 0) is 69.2 Å². The third-order valence-corrected chi connectivity index (χ3v) is 5.80. The van der Waals surface area contributed by atoms with E-state index in [9.17, 15) is 9.59 Å². The molecule has 1 fully saturated rings. The van der Waals surface area contributed by atoms with Crippen molar-refractivity contribution in [2.24, 2.45) is 5.10 Å². The van der Waals surface area contributed by atoms with E-state index in [0.717, 1.165) is 35.6 Å². The van der Waals surface area contributed by atoms with Gasteiger partial charge >= 0.3 is 0 Å². The highest BCUT2D eigenvalue weighted by Gasteiger charge is 2.27. The van der Waals surface area contributed by atoms with Gasteiger partial charge in [0.1, 0.15) is 5.71 Å². The van der Waals surface area contributed by atoms with Crippen molar-refractivity contribution in [1.29, 1.82) is 0 Å². The van der Waals surface area contributed by atoms with Crippen LogP contribution in [0.5, 0.6) is 0 Å². The average molecular weight is 435 g/mol. The quantitative estimate of drug-likeness (QED) is 0.788. The standard InChI is InChI=1S/C25H30N4O3/c1-16-5-6-17(2)23(13-16)29-24(30)12-11-22(27-29)25(31)26-20-7-9-21(10-8-20)28-14-18(3)32-19(4)15-28/h5-10,13,18-19H,11-12,14-15H2,1-4H3,(H,26,31). The van der Waals surface area contributed by atoms with Gasteiger partial charge in [0.05, 0.1) is 17.9 Å². The highest BCUT2D eigenvalue weighted by Crippen LogP contribution is 2.26. The predicted octanol–water partition coefficient (Wildman–Crippen LogP) is 4.04. The van der Waals surface area contributed by atoms with Gasteiger partial charge in [0.2, 0.25) is 5.91 Å². The molecule has 7 heteroatoms. The first-order chi connectivity index (χ1) is 15.3. The van der Waals surface area contributed by atoms with E-state index in [-0.39, 0.29) is 30.4 Å². The van der Waals surface area contributed by atoms with E-state index >= 15 is 0 Å². The molecular formula is C25H30N4O3. The number of hydrogen-bond acceptors (Lipinski definition) is 5. The Bertz CT molecular complexity index is 1040. The molecule has 2 atom stereocenters. The minimum atomic E-state index is -0.283. The van der Waals surface area contributed by atoms with E-state index in [1.54, 1.807) is 0 Å². The molecule has 168 valence electrons. The first-order valence-corrected chi connectivity index (χ1v) is 11.1. The summed E-state index contributed by atoms with van der Waals surface area (Å²) >= 11 is 0. The molecule has 1 N–H and O–H groups in total. The van der Waals surface area contributed by atoms with Gasteiger partial charge in [-0.1, -0.05) is 12.1 Å². The van der Waals surface area contributed by atoms with Gasteiger partial charge in [0.15, 0.2) is 0 Å². The lowest BCUT2D eigenvalue weighted by atomic mass is 10.1. The summed E-state index contributed by atoms with van der Waals surface area (Å²) in [5.74, 6) is -0.386. The highest BCUT2D eigenvalue weighted by molar-refractivity contribution is 6.44. The number of aryl methyl sites for hydroxylation is 2. The number of hydrogen-bond donors (Lipinski definition) is 1. The van der Waals surface area contributed by atoms with Crippen LogP contribution in [0.2, 0.25) is 0 Å². The number of benzene rings is 2. The number of carbonyl (C=O) groups excluding carboxylic acids is 2. The summed E-state index contributed by atoms with van der Waals surface area (Å²) in [6.07, 6.45) is 0.954. The maximum atomic E-state index is 12.9. The predicted molar refractivity (Wildman–Crippen MR) is 127 cm³/mol. The number of rotatable bonds is 4. The fourth-order valence-corrected chi connectivity index (χ4v) is 4.20. The molecule has 0 spiro atoms. The number of morpholine rings is 1. The van der Waals surface area contributed by atoms with Gasteiger partial charge in [-0.15, -0.1) is 0 Å². The zero-order chi connectivity index (χ0) is 22.8. The molecule has 4 rings (SSSR count). The fraction of sp³-hybridized carbons (Fsp3) is 0.400. The maximum absolute atomic E-state index is 12.9. The molecule has 7 nitrogen and oxygen atoms in total. The van der Waals surface area contributed by atoms with Crippen molar-refractivity contribution >= 4 is 34.6 Å². The number of amides is 2. The number of nitrogens with zero attached hydrogens (tertiary/aromatic N) is 3. The second kappa shape index (κ2) is 9.12. The number of hydrazone groups is 1. The molecule has 2 aliphatic rings. The van der Waals surface area contributed by atoms with Crippen molar-refractivity contribution in [2.75, 3.05) is 28.3 Å². The zero-order valence-electron chi connectivity index (χ0n) is 19.1. The van der Waals surface area contributed by atoms with E-state index in [1.165, 1.54) is 5.01 Å². The van der Waals surface area contributed by atoms with Crippen LogP contribution in [-0.2, 0) is 14.3 Å². The van der Waals surface area contributed by atoms with Crippen LogP contribution in [-0.4, -0.2) is 42.8 Å². The summed E-state index contributed by atoms with van der Waals surface area (Å²) in [5, 5.41) is 8.69. The van der Waals surface area contributed by atoms with Gasteiger partial charge < -0.3 is 15.0 Å². The normalized spacial score (nSPS) is 21.4. The molecule has 2 unspecified atom stereocenters. The second-order valence-corrected chi connectivity index (χ2v) is 8.71. The molecule has 2 aromatic carbocycles. The molecule has 0 aromatic heterocycles. The van der Waals surface area contributed by atoms with Gasteiger partial charge in [0.25, 0.3) is 5.91 Å². The van der Waals surface area contributed by atoms with Crippen LogP contribution in [0, 0.1) is 13.8 Å². The van der Waals surface area contributed by atoms with Gasteiger partial charge in [0, 0.05) is 37.3 Å². The molecule has 0 saturated carbocycles. The molecule has 0 aliphatic carbocycles. The molecule has 2 aromatic rings. The summed E-state index contributed by atoms with van der Waals surface area (Å²) in [5.41, 5.74) is 4.85. The minimum absolute atomic E-state index is 0.103. The summed E-state index contributed by atoms with van der Waals surface area (Å²) in [6, 6.07) is 13.7. The second-order valence-electron chi connectivity index (χ2n) is 8.71. The van der Waals surface area contributed by atoms with E-state index in [4.69, 9.17) is 4.74 Å². The Labute approximate surface area is 189 Å². The molecule has 2 heterocycles. The lowest BCUT2D eigenvalue weighted by Gasteiger charge is -2.36. The van der Waals surface area contributed by atoms with Gasteiger partial charge in [-0.2, -0.15) is 5.10 Å².